The second kappa shape index (κ2) is 8.49. The Morgan fingerprint density at radius 2 is 1.76 bits per heavy atom. The van der Waals surface area contributed by atoms with Crippen molar-refractivity contribution in [1.29, 1.82) is 0 Å². The first-order chi connectivity index (χ1) is 12.0. The van der Waals surface area contributed by atoms with Crippen LogP contribution in [0.4, 0.5) is 0 Å². The minimum atomic E-state index is -0.254. The molecule has 3 rings (SSSR count). The van der Waals surface area contributed by atoms with E-state index in [9.17, 15) is 9.59 Å². The van der Waals surface area contributed by atoms with E-state index in [0.717, 1.165) is 51.1 Å². The Morgan fingerprint density at radius 1 is 1.08 bits per heavy atom. The van der Waals surface area contributed by atoms with Gasteiger partial charge in [0.15, 0.2) is 0 Å². The Kier molecular flexibility index (Phi) is 6.34. The highest BCUT2D eigenvalue weighted by molar-refractivity contribution is 5.78. The van der Waals surface area contributed by atoms with E-state index in [1.807, 2.05) is 4.90 Å². The quantitative estimate of drug-likeness (QED) is 0.817. The van der Waals surface area contributed by atoms with Crippen LogP contribution in [0.5, 0.6) is 0 Å². The van der Waals surface area contributed by atoms with Gasteiger partial charge in [0.1, 0.15) is 6.61 Å². The first-order valence-electron chi connectivity index (χ1n) is 9.85. The minimum Gasteiger partial charge on any atom is -0.377 e. The molecule has 0 spiro atoms. The zero-order valence-corrected chi connectivity index (χ0v) is 15.3. The van der Waals surface area contributed by atoms with Crippen molar-refractivity contribution in [2.24, 2.45) is 23.5 Å². The number of carbonyl (C=O) groups excluding carboxylic acids is 2. The van der Waals surface area contributed by atoms with Crippen LogP contribution < -0.4 is 5.73 Å². The van der Waals surface area contributed by atoms with Gasteiger partial charge in [-0.15, -0.1) is 0 Å². The highest BCUT2D eigenvalue weighted by Gasteiger charge is 2.39. The van der Waals surface area contributed by atoms with Gasteiger partial charge >= 0.3 is 0 Å². The van der Waals surface area contributed by atoms with Gasteiger partial charge in [-0.05, 0) is 56.8 Å². The number of hydrogen-bond donors (Lipinski definition) is 1. The van der Waals surface area contributed by atoms with Gasteiger partial charge in [0, 0.05) is 19.7 Å². The molecular weight excluding hydrogens is 320 g/mol. The van der Waals surface area contributed by atoms with Crippen LogP contribution in [0.15, 0.2) is 0 Å². The van der Waals surface area contributed by atoms with Crippen molar-refractivity contribution in [3.63, 3.8) is 0 Å². The molecule has 1 aliphatic carbocycles. The summed E-state index contributed by atoms with van der Waals surface area (Å²) < 4.78 is 11.6. The third-order valence-corrected chi connectivity index (χ3v) is 6.26. The number of carbonyl (C=O) groups is 2. The van der Waals surface area contributed by atoms with E-state index in [1.54, 1.807) is 0 Å². The molecule has 3 fully saturated rings. The molecule has 0 aromatic rings. The first kappa shape index (κ1) is 18.6. The van der Waals surface area contributed by atoms with Crippen LogP contribution in [0.25, 0.3) is 0 Å². The lowest BCUT2D eigenvalue weighted by Gasteiger charge is -2.36. The van der Waals surface area contributed by atoms with Gasteiger partial charge in [-0.3, -0.25) is 9.59 Å². The van der Waals surface area contributed by atoms with Crippen molar-refractivity contribution < 1.29 is 19.1 Å². The molecule has 0 bridgehead atoms. The Hall–Kier alpha value is -1.14. The standard InChI is InChI=1S/C19H32N2O4/c1-13-2-4-15(5-3-13)25-12-17(22)21-9-6-14(7-10-21)18-16(19(20)23)8-11-24-18/h13-16,18H,2-12H2,1H3,(H2,20,23)/t13?,15?,16-,18+/m0/s1. The molecule has 2 aliphatic heterocycles. The van der Waals surface area contributed by atoms with Gasteiger partial charge in [-0.25, -0.2) is 0 Å². The van der Waals surface area contributed by atoms with Crippen molar-refractivity contribution in [2.75, 3.05) is 26.3 Å². The fourth-order valence-electron chi connectivity index (χ4n) is 4.53. The molecule has 0 unspecified atom stereocenters. The van der Waals surface area contributed by atoms with E-state index in [1.165, 1.54) is 12.8 Å². The summed E-state index contributed by atoms with van der Waals surface area (Å²) in [5.41, 5.74) is 5.49. The highest BCUT2D eigenvalue weighted by Crippen LogP contribution is 2.33. The summed E-state index contributed by atoms with van der Waals surface area (Å²) in [5.74, 6) is 0.790. The van der Waals surface area contributed by atoms with E-state index in [2.05, 4.69) is 6.92 Å². The summed E-state index contributed by atoms with van der Waals surface area (Å²) in [6, 6.07) is 0. The number of nitrogens with two attached hydrogens (primary N) is 1. The average molecular weight is 352 g/mol. The van der Waals surface area contributed by atoms with E-state index >= 15 is 0 Å². The molecular formula is C19H32N2O4. The number of likely N-dealkylation sites (tertiary alicyclic amines) is 1. The molecule has 2 N–H and O–H groups in total. The number of ether oxygens (including phenoxy) is 2. The molecule has 6 nitrogen and oxygen atoms in total. The predicted molar refractivity (Wildman–Crippen MR) is 93.7 cm³/mol. The summed E-state index contributed by atoms with van der Waals surface area (Å²) in [6.07, 6.45) is 7.22. The second-order valence-electron chi connectivity index (χ2n) is 8.04. The fraction of sp³-hybridized carbons (Fsp3) is 0.895. The van der Waals surface area contributed by atoms with Crippen LogP contribution in [0.1, 0.15) is 51.9 Å². The number of primary amides is 1. The van der Waals surface area contributed by atoms with Crippen LogP contribution in [-0.2, 0) is 19.1 Å². The molecule has 0 aromatic heterocycles. The lowest BCUT2D eigenvalue weighted by molar-refractivity contribution is -0.141. The lowest BCUT2D eigenvalue weighted by atomic mass is 9.84. The number of hydrogen-bond acceptors (Lipinski definition) is 4. The number of amides is 2. The van der Waals surface area contributed by atoms with Crippen LogP contribution in [0.2, 0.25) is 0 Å². The normalized spacial score (nSPS) is 34.2. The molecule has 0 aromatic carbocycles. The number of piperidine rings is 1. The molecule has 2 atom stereocenters. The van der Waals surface area contributed by atoms with Gasteiger partial charge in [0.25, 0.3) is 0 Å². The topological polar surface area (TPSA) is 81.9 Å². The first-order valence-corrected chi connectivity index (χ1v) is 9.85. The van der Waals surface area contributed by atoms with E-state index in [4.69, 9.17) is 15.2 Å². The largest absolute Gasteiger partial charge is 0.377 e. The van der Waals surface area contributed by atoms with E-state index in [-0.39, 0.29) is 36.5 Å². The van der Waals surface area contributed by atoms with Gasteiger partial charge in [0.2, 0.25) is 11.8 Å². The van der Waals surface area contributed by atoms with Gasteiger partial charge < -0.3 is 20.1 Å². The second-order valence-corrected chi connectivity index (χ2v) is 8.04. The highest BCUT2D eigenvalue weighted by atomic mass is 16.5. The smallest absolute Gasteiger partial charge is 0.248 e. The van der Waals surface area contributed by atoms with Gasteiger partial charge in [-0.1, -0.05) is 6.92 Å². The van der Waals surface area contributed by atoms with Crippen LogP contribution in [-0.4, -0.2) is 55.2 Å². The Bertz CT molecular complexity index is 468. The van der Waals surface area contributed by atoms with Crippen LogP contribution in [0.3, 0.4) is 0 Å². The molecule has 3 aliphatic rings. The third kappa shape index (κ3) is 4.73. The molecule has 25 heavy (non-hydrogen) atoms. The third-order valence-electron chi connectivity index (χ3n) is 6.26. The van der Waals surface area contributed by atoms with Gasteiger partial charge in [-0.2, -0.15) is 0 Å². The van der Waals surface area contributed by atoms with Crippen molar-refractivity contribution in [2.45, 2.75) is 64.1 Å². The molecule has 1 saturated carbocycles. The molecule has 0 radical (unpaired) electrons. The molecule has 2 heterocycles. The number of nitrogens with zero attached hydrogens (tertiary/aromatic N) is 1. The minimum absolute atomic E-state index is 0.0600. The zero-order valence-electron chi connectivity index (χ0n) is 15.3. The molecule has 2 amide bonds. The SMILES string of the molecule is CC1CCC(OCC(=O)N2CCC([C@H]3OCC[C@@H]3C(N)=O)CC2)CC1. The molecule has 6 heteroatoms. The van der Waals surface area contributed by atoms with Gasteiger partial charge in [0.05, 0.1) is 18.1 Å². The Morgan fingerprint density at radius 3 is 2.40 bits per heavy atom. The fourth-order valence-corrected chi connectivity index (χ4v) is 4.53. The summed E-state index contributed by atoms with van der Waals surface area (Å²) in [5, 5.41) is 0. The molecule has 142 valence electrons. The maximum Gasteiger partial charge on any atom is 0.248 e. The maximum absolute atomic E-state index is 12.4. The number of rotatable bonds is 5. The van der Waals surface area contributed by atoms with Crippen molar-refractivity contribution in [1.82, 2.24) is 4.90 Å². The van der Waals surface area contributed by atoms with E-state index in [0.29, 0.717) is 12.5 Å². The molecule has 2 saturated heterocycles. The van der Waals surface area contributed by atoms with Crippen LogP contribution in [0, 0.1) is 17.8 Å². The summed E-state index contributed by atoms with van der Waals surface area (Å²) in [6.45, 7) is 4.54. The van der Waals surface area contributed by atoms with Crippen molar-refractivity contribution >= 4 is 11.8 Å². The monoisotopic (exact) mass is 352 g/mol. The van der Waals surface area contributed by atoms with E-state index < -0.39 is 0 Å². The Labute approximate surface area is 150 Å². The predicted octanol–water partition coefficient (Wildman–Crippen LogP) is 1.71. The Balaban J connectivity index is 1.39. The van der Waals surface area contributed by atoms with Crippen molar-refractivity contribution in [3.8, 4) is 0 Å². The summed E-state index contributed by atoms with van der Waals surface area (Å²) >= 11 is 0. The zero-order chi connectivity index (χ0) is 17.8. The maximum atomic E-state index is 12.4. The summed E-state index contributed by atoms with van der Waals surface area (Å²) in [4.78, 5) is 25.8. The average Bonchev–Trinajstić information content (AvgIpc) is 3.11. The van der Waals surface area contributed by atoms with Crippen molar-refractivity contribution in [3.05, 3.63) is 0 Å². The lowest BCUT2D eigenvalue weighted by Crippen LogP contribution is -2.45. The summed E-state index contributed by atoms with van der Waals surface area (Å²) in [7, 11) is 0. The van der Waals surface area contributed by atoms with Crippen LogP contribution >= 0.6 is 0 Å².